The van der Waals surface area contributed by atoms with Crippen molar-refractivity contribution in [1.29, 1.82) is 0 Å². The van der Waals surface area contributed by atoms with E-state index in [9.17, 15) is 0 Å². The summed E-state index contributed by atoms with van der Waals surface area (Å²) in [7, 11) is 0. The van der Waals surface area contributed by atoms with Gasteiger partial charge in [0.25, 0.3) is 0 Å². The zero-order valence-electron chi connectivity index (χ0n) is 8.80. The van der Waals surface area contributed by atoms with Crippen LogP contribution in [-0.2, 0) is 6.54 Å². The first-order valence-corrected chi connectivity index (χ1v) is 5.02. The molecule has 13 heavy (non-hydrogen) atoms. The summed E-state index contributed by atoms with van der Waals surface area (Å²) in [6.07, 6.45) is 4.00. The number of aromatic amines is 1. The molecular formula is C11H20N2. The largest absolute Gasteiger partial charge is 0.367 e. The molecule has 0 amide bonds. The lowest BCUT2D eigenvalue weighted by molar-refractivity contribution is 0.392. The van der Waals surface area contributed by atoms with E-state index in [0.717, 1.165) is 24.9 Å². The maximum absolute atomic E-state index is 3.45. The third kappa shape index (κ3) is 3.64. The average molecular weight is 180 g/mol. The number of H-pyrrole nitrogens is 1. The Bertz CT molecular complexity index is 214. The molecule has 74 valence electrons. The number of aromatic nitrogens is 1. The predicted molar refractivity (Wildman–Crippen MR) is 56.5 cm³/mol. The van der Waals surface area contributed by atoms with E-state index in [0.29, 0.717) is 0 Å². The van der Waals surface area contributed by atoms with E-state index in [1.165, 1.54) is 5.56 Å². The summed E-state index contributed by atoms with van der Waals surface area (Å²) in [5.41, 5.74) is 1.33. The van der Waals surface area contributed by atoms with Crippen molar-refractivity contribution in [3.05, 3.63) is 24.0 Å². The number of nitrogens with one attached hydrogen (secondary N) is 2. The molecule has 2 N–H and O–H groups in total. The first kappa shape index (κ1) is 10.3. The minimum absolute atomic E-state index is 0.749. The second-order valence-electron chi connectivity index (χ2n) is 4.07. The second-order valence-corrected chi connectivity index (χ2v) is 4.07. The molecule has 0 saturated carbocycles. The first-order valence-electron chi connectivity index (χ1n) is 5.02. The Morgan fingerprint density at radius 1 is 1.38 bits per heavy atom. The molecular weight excluding hydrogens is 160 g/mol. The van der Waals surface area contributed by atoms with Crippen LogP contribution >= 0.6 is 0 Å². The van der Waals surface area contributed by atoms with Gasteiger partial charge < -0.3 is 10.3 Å². The summed E-state index contributed by atoms with van der Waals surface area (Å²) < 4.78 is 0. The van der Waals surface area contributed by atoms with Crippen molar-refractivity contribution < 1.29 is 0 Å². The fourth-order valence-electron chi connectivity index (χ4n) is 1.15. The molecule has 0 bridgehead atoms. The quantitative estimate of drug-likeness (QED) is 0.715. The van der Waals surface area contributed by atoms with Crippen molar-refractivity contribution in [2.24, 2.45) is 11.8 Å². The SMILES string of the molecule is CC(C)C(C)CNCc1cc[nH]c1. The molecule has 1 unspecified atom stereocenters. The molecule has 0 aliphatic carbocycles. The Kier molecular flexibility index (Phi) is 4.03. The van der Waals surface area contributed by atoms with Gasteiger partial charge >= 0.3 is 0 Å². The van der Waals surface area contributed by atoms with Crippen molar-refractivity contribution in [2.75, 3.05) is 6.54 Å². The Hall–Kier alpha value is -0.760. The minimum atomic E-state index is 0.749. The minimum Gasteiger partial charge on any atom is -0.367 e. The van der Waals surface area contributed by atoms with Gasteiger partial charge in [-0.15, -0.1) is 0 Å². The standard InChI is InChI=1S/C11H20N2/c1-9(2)10(3)6-13-8-11-4-5-12-7-11/h4-5,7,9-10,12-13H,6,8H2,1-3H3. The molecule has 2 heteroatoms. The Labute approximate surface area is 80.7 Å². The van der Waals surface area contributed by atoms with Gasteiger partial charge in [0.2, 0.25) is 0 Å². The van der Waals surface area contributed by atoms with Gasteiger partial charge in [-0.1, -0.05) is 20.8 Å². The highest BCUT2D eigenvalue weighted by molar-refractivity contribution is 5.07. The van der Waals surface area contributed by atoms with Crippen molar-refractivity contribution in [2.45, 2.75) is 27.3 Å². The van der Waals surface area contributed by atoms with E-state index in [1.807, 2.05) is 12.4 Å². The van der Waals surface area contributed by atoms with Gasteiger partial charge in [-0.3, -0.25) is 0 Å². The highest BCUT2D eigenvalue weighted by Crippen LogP contribution is 2.07. The smallest absolute Gasteiger partial charge is 0.0220 e. The Morgan fingerprint density at radius 2 is 2.15 bits per heavy atom. The van der Waals surface area contributed by atoms with Crippen LogP contribution in [0.4, 0.5) is 0 Å². The van der Waals surface area contributed by atoms with E-state index < -0.39 is 0 Å². The van der Waals surface area contributed by atoms with Crippen LogP contribution in [0, 0.1) is 11.8 Å². The molecule has 0 aliphatic heterocycles. The highest BCUT2D eigenvalue weighted by Gasteiger charge is 2.05. The van der Waals surface area contributed by atoms with Crippen molar-refractivity contribution in [3.63, 3.8) is 0 Å². The summed E-state index contributed by atoms with van der Waals surface area (Å²) in [6, 6.07) is 2.10. The third-order valence-electron chi connectivity index (χ3n) is 2.60. The van der Waals surface area contributed by atoms with Crippen LogP contribution in [-0.4, -0.2) is 11.5 Å². The molecule has 0 aliphatic rings. The van der Waals surface area contributed by atoms with Crippen LogP contribution in [0.25, 0.3) is 0 Å². The molecule has 1 rings (SSSR count). The van der Waals surface area contributed by atoms with Crippen LogP contribution in [0.3, 0.4) is 0 Å². The van der Waals surface area contributed by atoms with Crippen LogP contribution in [0.1, 0.15) is 26.3 Å². The maximum atomic E-state index is 3.45. The molecule has 0 radical (unpaired) electrons. The molecule has 0 fully saturated rings. The van der Waals surface area contributed by atoms with E-state index in [4.69, 9.17) is 0 Å². The molecule has 1 aromatic heterocycles. The van der Waals surface area contributed by atoms with Crippen molar-refractivity contribution in [1.82, 2.24) is 10.3 Å². The summed E-state index contributed by atoms with van der Waals surface area (Å²) >= 11 is 0. The summed E-state index contributed by atoms with van der Waals surface area (Å²) in [5, 5.41) is 3.45. The van der Waals surface area contributed by atoms with Crippen LogP contribution in [0.5, 0.6) is 0 Å². The predicted octanol–water partition coefficient (Wildman–Crippen LogP) is 2.40. The van der Waals surface area contributed by atoms with E-state index in [1.54, 1.807) is 0 Å². The molecule has 0 spiro atoms. The third-order valence-corrected chi connectivity index (χ3v) is 2.60. The van der Waals surface area contributed by atoms with Crippen LogP contribution in [0.15, 0.2) is 18.5 Å². The number of hydrogen-bond acceptors (Lipinski definition) is 1. The van der Waals surface area contributed by atoms with Gasteiger partial charge in [-0.05, 0) is 30.0 Å². The fraction of sp³-hybridized carbons (Fsp3) is 0.636. The average Bonchev–Trinajstić information content (AvgIpc) is 2.56. The van der Waals surface area contributed by atoms with Gasteiger partial charge in [0.15, 0.2) is 0 Å². The van der Waals surface area contributed by atoms with Gasteiger partial charge in [-0.25, -0.2) is 0 Å². The summed E-state index contributed by atoms with van der Waals surface area (Å²) in [4.78, 5) is 3.05. The van der Waals surface area contributed by atoms with Gasteiger partial charge in [-0.2, -0.15) is 0 Å². The molecule has 1 aromatic rings. The van der Waals surface area contributed by atoms with Crippen LogP contribution < -0.4 is 5.32 Å². The summed E-state index contributed by atoms with van der Waals surface area (Å²) in [5.74, 6) is 1.51. The second kappa shape index (κ2) is 5.07. The van der Waals surface area contributed by atoms with Crippen LogP contribution in [0.2, 0.25) is 0 Å². The number of hydrogen-bond donors (Lipinski definition) is 2. The lowest BCUT2D eigenvalue weighted by atomic mass is 9.98. The van der Waals surface area contributed by atoms with Gasteiger partial charge in [0.05, 0.1) is 0 Å². The zero-order valence-corrected chi connectivity index (χ0v) is 8.80. The lowest BCUT2D eigenvalue weighted by Gasteiger charge is -2.15. The molecule has 1 atom stereocenters. The van der Waals surface area contributed by atoms with Crippen molar-refractivity contribution >= 4 is 0 Å². The van der Waals surface area contributed by atoms with E-state index in [-0.39, 0.29) is 0 Å². The fourth-order valence-corrected chi connectivity index (χ4v) is 1.15. The Balaban J connectivity index is 2.14. The van der Waals surface area contributed by atoms with E-state index >= 15 is 0 Å². The Morgan fingerprint density at radius 3 is 2.69 bits per heavy atom. The van der Waals surface area contributed by atoms with Gasteiger partial charge in [0, 0.05) is 18.9 Å². The normalized spacial score (nSPS) is 13.5. The maximum Gasteiger partial charge on any atom is 0.0220 e. The molecule has 2 nitrogen and oxygen atoms in total. The molecule has 0 aromatic carbocycles. The summed E-state index contributed by atoms with van der Waals surface area (Å²) in [6.45, 7) is 8.89. The number of rotatable bonds is 5. The van der Waals surface area contributed by atoms with Gasteiger partial charge in [0.1, 0.15) is 0 Å². The lowest BCUT2D eigenvalue weighted by Crippen LogP contribution is -2.23. The zero-order chi connectivity index (χ0) is 9.68. The van der Waals surface area contributed by atoms with Crippen molar-refractivity contribution in [3.8, 4) is 0 Å². The molecule has 0 saturated heterocycles. The van der Waals surface area contributed by atoms with E-state index in [2.05, 4.69) is 37.1 Å². The highest BCUT2D eigenvalue weighted by atomic mass is 14.9. The topological polar surface area (TPSA) is 27.8 Å². The molecule has 1 heterocycles. The first-order chi connectivity index (χ1) is 6.20. The monoisotopic (exact) mass is 180 g/mol.